The van der Waals surface area contributed by atoms with E-state index in [-0.39, 0.29) is 5.82 Å². The number of imidazole rings is 1. The van der Waals surface area contributed by atoms with Crippen LogP contribution in [-0.2, 0) is 12.3 Å². The smallest absolute Gasteiger partial charge is 0.169 e. The van der Waals surface area contributed by atoms with E-state index in [0.29, 0.717) is 5.75 Å². The maximum Gasteiger partial charge on any atom is 0.169 e. The highest BCUT2D eigenvalue weighted by atomic mass is 32.2. The van der Waals surface area contributed by atoms with Gasteiger partial charge in [-0.1, -0.05) is 53.7 Å². The fourth-order valence-electron chi connectivity index (χ4n) is 2.98. The average Bonchev–Trinajstić information content (AvgIpc) is 2.98. The Morgan fingerprint density at radius 1 is 1.04 bits per heavy atom. The lowest BCUT2D eigenvalue weighted by atomic mass is 10.1. The maximum atomic E-state index is 13.4. The highest BCUT2D eigenvalue weighted by Crippen LogP contribution is 2.27. The van der Waals surface area contributed by atoms with E-state index in [9.17, 15) is 4.39 Å². The third kappa shape index (κ3) is 3.63. The number of aromatic nitrogens is 3. The van der Waals surface area contributed by atoms with Gasteiger partial charge in [0.1, 0.15) is 5.82 Å². The lowest BCUT2D eigenvalue weighted by Gasteiger charge is -2.10. The minimum atomic E-state index is -0.208. The van der Waals surface area contributed by atoms with Crippen LogP contribution in [0.2, 0.25) is 0 Å². The number of halogens is 1. The van der Waals surface area contributed by atoms with Gasteiger partial charge >= 0.3 is 0 Å². The van der Waals surface area contributed by atoms with Crippen LogP contribution in [0.3, 0.4) is 0 Å². The van der Waals surface area contributed by atoms with Gasteiger partial charge < -0.3 is 4.57 Å². The first-order valence-electron chi connectivity index (χ1n) is 8.42. The molecule has 2 aromatic carbocycles. The van der Waals surface area contributed by atoms with Crippen LogP contribution in [0, 0.1) is 12.7 Å². The van der Waals surface area contributed by atoms with Crippen LogP contribution in [0.15, 0.2) is 72.1 Å². The van der Waals surface area contributed by atoms with Crippen LogP contribution in [-0.4, -0.2) is 14.5 Å². The van der Waals surface area contributed by atoms with Crippen molar-refractivity contribution in [3.63, 3.8) is 0 Å². The average molecular weight is 363 g/mol. The van der Waals surface area contributed by atoms with E-state index in [1.54, 1.807) is 30.1 Å². The largest absolute Gasteiger partial charge is 0.313 e. The summed E-state index contributed by atoms with van der Waals surface area (Å²) in [6.45, 7) is 2.83. The summed E-state index contributed by atoms with van der Waals surface area (Å²) in [5.74, 6) is 0.461. The topological polar surface area (TPSA) is 30.7 Å². The number of nitrogens with zero attached hydrogens (tertiary/aromatic N) is 3. The van der Waals surface area contributed by atoms with Crippen molar-refractivity contribution in [2.24, 2.45) is 0 Å². The molecule has 4 rings (SSSR count). The summed E-state index contributed by atoms with van der Waals surface area (Å²) < 4.78 is 15.6. The molecule has 0 bridgehead atoms. The van der Waals surface area contributed by atoms with Gasteiger partial charge in [0.15, 0.2) is 5.16 Å². The van der Waals surface area contributed by atoms with E-state index in [0.717, 1.165) is 28.3 Å². The summed E-state index contributed by atoms with van der Waals surface area (Å²) in [6.07, 6.45) is 3.61. The molecule has 0 fully saturated rings. The quantitative estimate of drug-likeness (QED) is 0.456. The van der Waals surface area contributed by atoms with Crippen molar-refractivity contribution in [2.45, 2.75) is 24.4 Å². The van der Waals surface area contributed by atoms with Crippen LogP contribution in [0.1, 0.15) is 16.7 Å². The Bertz CT molecular complexity index is 1060. The number of pyridine rings is 1. The predicted molar refractivity (Wildman–Crippen MR) is 104 cm³/mol. The molecule has 0 radical (unpaired) electrons. The fraction of sp³-hybridized carbons (Fsp3) is 0.143. The summed E-state index contributed by atoms with van der Waals surface area (Å²) >= 11 is 1.62. The molecule has 0 unspecified atom stereocenters. The second-order valence-corrected chi connectivity index (χ2v) is 7.20. The molecule has 0 saturated carbocycles. The zero-order valence-corrected chi connectivity index (χ0v) is 15.2. The first kappa shape index (κ1) is 16.8. The molecule has 130 valence electrons. The summed E-state index contributed by atoms with van der Waals surface area (Å²) in [4.78, 5) is 9.02. The van der Waals surface area contributed by atoms with Gasteiger partial charge in [0.2, 0.25) is 0 Å². The van der Waals surface area contributed by atoms with Crippen molar-refractivity contribution < 1.29 is 4.39 Å². The number of rotatable bonds is 5. The zero-order valence-electron chi connectivity index (χ0n) is 14.4. The molecular weight excluding hydrogens is 345 g/mol. The van der Waals surface area contributed by atoms with Gasteiger partial charge in [-0.15, -0.1) is 0 Å². The molecule has 5 heteroatoms. The molecule has 0 aliphatic heterocycles. The molecule has 0 spiro atoms. The molecule has 0 aliphatic carbocycles. The molecule has 2 aromatic heterocycles. The SMILES string of the molecule is Cc1cccc(Cn2c(SCc3cccc(F)c3)nc3ccncc32)c1. The van der Waals surface area contributed by atoms with E-state index in [2.05, 4.69) is 40.7 Å². The standard InChI is InChI=1S/C21H18FN3S/c1-15-4-2-5-16(10-15)13-25-20-12-23-9-8-19(20)24-21(25)26-14-17-6-3-7-18(22)11-17/h2-12H,13-14H2,1H3. The molecule has 0 amide bonds. The monoisotopic (exact) mass is 363 g/mol. The summed E-state index contributed by atoms with van der Waals surface area (Å²) in [5, 5.41) is 0.916. The Morgan fingerprint density at radius 3 is 2.73 bits per heavy atom. The maximum absolute atomic E-state index is 13.4. The second kappa shape index (κ2) is 7.30. The minimum absolute atomic E-state index is 0.208. The van der Waals surface area contributed by atoms with Crippen molar-refractivity contribution in [3.05, 3.63) is 89.5 Å². The summed E-state index contributed by atoms with van der Waals surface area (Å²) in [7, 11) is 0. The predicted octanol–water partition coefficient (Wildman–Crippen LogP) is 5.22. The molecule has 0 atom stereocenters. The number of hydrogen-bond acceptors (Lipinski definition) is 3. The molecule has 0 aliphatic rings. The van der Waals surface area contributed by atoms with Crippen LogP contribution < -0.4 is 0 Å². The lowest BCUT2D eigenvalue weighted by Crippen LogP contribution is -2.02. The number of fused-ring (bicyclic) bond motifs is 1. The van der Waals surface area contributed by atoms with Crippen LogP contribution in [0.25, 0.3) is 11.0 Å². The normalized spacial score (nSPS) is 11.2. The van der Waals surface area contributed by atoms with Crippen molar-refractivity contribution >= 4 is 22.8 Å². The molecule has 3 nitrogen and oxygen atoms in total. The van der Waals surface area contributed by atoms with Crippen molar-refractivity contribution in [2.75, 3.05) is 0 Å². The van der Waals surface area contributed by atoms with Gasteiger partial charge in [-0.25, -0.2) is 9.37 Å². The number of benzene rings is 2. The Labute approximate surface area is 155 Å². The van der Waals surface area contributed by atoms with Crippen LogP contribution >= 0.6 is 11.8 Å². The molecule has 0 saturated heterocycles. The lowest BCUT2D eigenvalue weighted by molar-refractivity contribution is 0.626. The fourth-order valence-corrected chi connectivity index (χ4v) is 3.94. The molecule has 4 aromatic rings. The van der Waals surface area contributed by atoms with Gasteiger partial charge in [-0.05, 0) is 36.2 Å². The Hall–Kier alpha value is -2.66. The van der Waals surface area contributed by atoms with Crippen LogP contribution in [0.4, 0.5) is 4.39 Å². The van der Waals surface area contributed by atoms with Gasteiger partial charge in [0.05, 0.1) is 23.8 Å². The van der Waals surface area contributed by atoms with E-state index < -0.39 is 0 Å². The zero-order chi connectivity index (χ0) is 17.9. The second-order valence-electron chi connectivity index (χ2n) is 6.25. The van der Waals surface area contributed by atoms with E-state index in [4.69, 9.17) is 4.98 Å². The molecule has 0 N–H and O–H groups in total. The van der Waals surface area contributed by atoms with Gasteiger partial charge in [-0.3, -0.25) is 4.98 Å². The number of aryl methyl sites for hydroxylation is 1. The highest BCUT2D eigenvalue weighted by molar-refractivity contribution is 7.98. The van der Waals surface area contributed by atoms with Crippen LogP contribution in [0.5, 0.6) is 0 Å². The van der Waals surface area contributed by atoms with Crippen molar-refractivity contribution in [1.29, 1.82) is 0 Å². The van der Waals surface area contributed by atoms with Crippen molar-refractivity contribution in [1.82, 2.24) is 14.5 Å². The van der Waals surface area contributed by atoms with Gasteiger partial charge in [0.25, 0.3) is 0 Å². The minimum Gasteiger partial charge on any atom is -0.313 e. The Kier molecular flexibility index (Phi) is 4.71. The van der Waals surface area contributed by atoms with E-state index >= 15 is 0 Å². The molecular formula is C21H18FN3S. The first-order chi connectivity index (χ1) is 12.7. The summed E-state index contributed by atoms with van der Waals surface area (Å²) in [6, 6.07) is 17.1. The Balaban J connectivity index is 1.67. The highest BCUT2D eigenvalue weighted by Gasteiger charge is 2.12. The number of thioether (sulfide) groups is 1. The third-order valence-corrected chi connectivity index (χ3v) is 5.24. The van der Waals surface area contributed by atoms with Gasteiger partial charge in [0, 0.05) is 11.9 Å². The number of hydrogen-bond donors (Lipinski definition) is 0. The van der Waals surface area contributed by atoms with E-state index in [1.165, 1.54) is 17.2 Å². The Morgan fingerprint density at radius 2 is 1.88 bits per heavy atom. The molecule has 26 heavy (non-hydrogen) atoms. The summed E-state index contributed by atoms with van der Waals surface area (Å²) in [5.41, 5.74) is 5.34. The van der Waals surface area contributed by atoms with Crippen molar-refractivity contribution in [3.8, 4) is 0 Å². The molecule has 2 heterocycles. The third-order valence-electron chi connectivity index (χ3n) is 4.20. The van der Waals surface area contributed by atoms with E-state index in [1.807, 2.05) is 18.3 Å². The van der Waals surface area contributed by atoms with Gasteiger partial charge in [-0.2, -0.15) is 0 Å². The first-order valence-corrected chi connectivity index (χ1v) is 9.40.